The summed E-state index contributed by atoms with van der Waals surface area (Å²) < 4.78 is 5.48. The van der Waals surface area contributed by atoms with Crippen LogP contribution in [0, 0.1) is 0 Å². The number of likely N-dealkylation sites (tertiary alicyclic amines) is 1. The van der Waals surface area contributed by atoms with Crippen LogP contribution in [0.25, 0.3) is 0 Å². The van der Waals surface area contributed by atoms with Crippen LogP contribution in [0.2, 0.25) is 5.02 Å². The topological polar surface area (TPSA) is 24.5 Å². The molecule has 1 aromatic rings. The zero-order chi connectivity index (χ0) is 15.2. The van der Waals surface area contributed by atoms with E-state index >= 15 is 0 Å². The standard InChI is InChI=1S/C17H27ClN2O/c1-4-21-17-8-7-15(12-16(17)18)19-14-6-5-10-20(11-9-14)13(2)3/h7-8,12-14,19H,4-6,9-11H2,1-3H3. The second kappa shape index (κ2) is 7.90. The third kappa shape index (κ3) is 4.79. The van der Waals surface area contributed by atoms with Crippen LogP contribution in [-0.2, 0) is 0 Å². The van der Waals surface area contributed by atoms with E-state index in [4.69, 9.17) is 16.3 Å². The molecule has 118 valence electrons. The van der Waals surface area contributed by atoms with Crippen molar-refractivity contribution in [3.63, 3.8) is 0 Å². The van der Waals surface area contributed by atoms with Gasteiger partial charge in [0.2, 0.25) is 0 Å². The van der Waals surface area contributed by atoms with E-state index in [1.54, 1.807) is 0 Å². The molecule has 1 unspecified atom stereocenters. The minimum Gasteiger partial charge on any atom is -0.492 e. The minimum atomic E-state index is 0.530. The van der Waals surface area contributed by atoms with Gasteiger partial charge in [0.1, 0.15) is 5.75 Å². The molecule has 1 aliphatic heterocycles. The Morgan fingerprint density at radius 2 is 2.14 bits per heavy atom. The molecule has 21 heavy (non-hydrogen) atoms. The fourth-order valence-corrected chi connectivity index (χ4v) is 3.11. The highest BCUT2D eigenvalue weighted by Gasteiger charge is 2.18. The van der Waals surface area contributed by atoms with Crippen molar-refractivity contribution in [3.05, 3.63) is 23.2 Å². The first-order valence-corrected chi connectivity index (χ1v) is 8.41. The first kappa shape index (κ1) is 16.4. The third-order valence-corrected chi connectivity index (χ3v) is 4.39. The van der Waals surface area contributed by atoms with Gasteiger partial charge in [-0.2, -0.15) is 0 Å². The molecule has 1 N–H and O–H groups in total. The van der Waals surface area contributed by atoms with Crippen LogP contribution in [0.15, 0.2) is 18.2 Å². The summed E-state index contributed by atoms with van der Waals surface area (Å²) in [7, 11) is 0. The summed E-state index contributed by atoms with van der Waals surface area (Å²) >= 11 is 6.25. The van der Waals surface area contributed by atoms with Crippen molar-refractivity contribution in [3.8, 4) is 5.75 Å². The molecule has 0 spiro atoms. The van der Waals surface area contributed by atoms with Gasteiger partial charge in [-0.3, -0.25) is 0 Å². The number of rotatable bonds is 5. The van der Waals surface area contributed by atoms with Crippen molar-refractivity contribution in [2.24, 2.45) is 0 Å². The lowest BCUT2D eigenvalue weighted by Gasteiger charge is -2.24. The maximum absolute atomic E-state index is 6.25. The molecule has 0 aliphatic carbocycles. The van der Waals surface area contributed by atoms with E-state index in [2.05, 4.69) is 30.1 Å². The largest absolute Gasteiger partial charge is 0.492 e. The first-order chi connectivity index (χ1) is 10.1. The van der Waals surface area contributed by atoms with Crippen molar-refractivity contribution >= 4 is 17.3 Å². The summed E-state index contributed by atoms with van der Waals surface area (Å²) in [6, 6.07) is 7.15. The average Bonchev–Trinajstić information content (AvgIpc) is 2.68. The van der Waals surface area contributed by atoms with E-state index in [1.165, 1.54) is 32.4 Å². The second-order valence-corrected chi connectivity index (χ2v) is 6.39. The molecule has 1 saturated heterocycles. The molecule has 1 atom stereocenters. The van der Waals surface area contributed by atoms with Gasteiger partial charge in [0.15, 0.2) is 0 Å². The normalized spacial score (nSPS) is 20.3. The Hall–Kier alpha value is -0.930. The molecule has 3 nitrogen and oxygen atoms in total. The molecule has 0 radical (unpaired) electrons. The second-order valence-electron chi connectivity index (χ2n) is 5.98. The molecule has 1 aromatic carbocycles. The highest BCUT2D eigenvalue weighted by Crippen LogP contribution is 2.28. The van der Waals surface area contributed by atoms with Crippen molar-refractivity contribution in [1.82, 2.24) is 4.90 Å². The van der Waals surface area contributed by atoms with Gasteiger partial charge in [0.05, 0.1) is 11.6 Å². The monoisotopic (exact) mass is 310 g/mol. The molecule has 1 fully saturated rings. The molecule has 0 bridgehead atoms. The number of nitrogens with one attached hydrogen (secondary N) is 1. The lowest BCUT2D eigenvalue weighted by atomic mass is 10.1. The maximum Gasteiger partial charge on any atom is 0.138 e. The average molecular weight is 311 g/mol. The zero-order valence-electron chi connectivity index (χ0n) is 13.4. The van der Waals surface area contributed by atoms with E-state index in [9.17, 15) is 0 Å². The fourth-order valence-electron chi connectivity index (χ4n) is 2.88. The summed E-state index contributed by atoms with van der Waals surface area (Å²) in [5, 5.41) is 4.30. The van der Waals surface area contributed by atoms with Gasteiger partial charge >= 0.3 is 0 Å². The molecular weight excluding hydrogens is 284 g/mol. The van der Waals surface area contributed by atoms with E-state index in [1.807, 2.05) is 19.1 Å². The number of nitrogens with zero attached hydrogens (tertiary/aromatic N) is 1. The lowest BCUT2D eigenvalue weighted by molar-refractivity contribution is 0.230. The van der Waals surface area contributed by atoms with Gasteiger partial charge in [-0.05, 0) is 64.8 Å². The lowest BCUT2D eigenvalue weighted by Crippen LogP contribution is -2.32. The van der Waals surface area contributed by atoms with Crippen LogP contribution >= 0.6 is 11.6 Å². The number of ether oxygens (including phenoxy) is 1. The molecular formula is C17H27ClN2O. The predicted octanol–water partition coefficient (Wildman–Crippen LogP) is 4.41. The van der Waals surface area contributed by atoms with E-state index in [-0.39, 0.29) is 0 Å². The quantitative estimate of drug-likeness (QED) is 0.871. The molecule has 2 rings (SSSR count). The Morgan fingerprint density at radius 1 is 1.33 bits per heavy atom. The van der Waals surface area contributed by atoms with Crippen molar-refractivity contribution in [2.45, 2.75) is 52.1 Å². The Labute approximate surface area is 133 Å². The van der Waals surface area contributed by atoms with Crippen molar-refractivity contribution in [1.29, 1.82) is 0 Å². The Morgan fingerprint density at radius 3 is 2.81 bits per heavy atom. The predicted molar refractivity (Wildman–Crippen MR) is 90.6 cm³/mol. The zero-order valence-corrected chi connectivity index (χ0v) is 14.1. The summed E-state index contributed by atoms with van der Waals surface area (Å²) in [6.07, 6.45) is 3.65. The van der Waals surface area contributed by atoms with Gasteiger partial charge in [0.25, 0.3) is 0 Å². The van der Waals surface area contributed by atoms with Gasteiger partial charge in [-0.25, -0.2) is 0 Å². The third-order valence-electron chi connectivity index (χ3n) is 4.10. The van der Waals surface area contributed by atoms with Gasteiger partial charge in [-0.15, -0.1) is 0 Å². The summed E-state index contributed by atoms with van der Waals surface area (Å²) in [6.45, 7) is 9.54. The summed E-state index contributed by atoms with van der Waals surface area (Å²) in [5.74, 6) is 0.761. The van der Waals surface area contributed by atoms with Crippen LogP contribution in [-0.4, -0.2) is 36.7 Å². The number of benzene rings is 1. The maximum atomic E-state index is 6.25. The van der Waals surface area contributed by atoms with Gasteiger partial charge < -0.3 is 15.0 Å². The van der Waals surface area contributed by atoms with Crippen LogP contribution < -0.4 is 10.1 Å². The van der Waals surface area contributed by atoms with Gasteiger partial charge in [0, 0.05) is 24.3 Å². The van der Waals surface area contributed by atoms with Crippen LogP contribution in [0.1, 0.15) is 40.0 Å². The van der Waals surface area contributed by atoms with E-state index < -0.39 is 0 Å². The SMILES string of the molecule is CCOc1ccc(NC2CCCN(C(C)C)CC2)cc1Cl. The Bertz CT molecular complexity index is 450. The number of anilines is 1. The van der Waals surface area contributed by atoms with Gasteiger partial charge in [-0.1, -0.05) is 11.6 Å². The molecule has 0 saturated carbocycles. The highest BCUT2D eigenvalue weighted by molar-refractivity contribution is 6.32. The Kier molecular flexibility index (Phi) is 6.19. The number of hydrogen-bond acceptors (Lipinski definition) is 3. The smallest absolute Gasteiger partial charge is 0.138 e. The molecule has 4 heteroatoms. The van der Waals surface area contributed by atoms with Crippen LogP contribution in [0.5, 0.6) is 5.75 Å². The van der Waals surface area contributed by atoms with Crippen molar-refractivity contribution in [2.75, 3.05) is 25.0 Å². The van der Waals surface area contributed by atoms with E-state index in [0.29, 0.717) is 23.7 Å². The number of halogens is 1. The highest BCUT2D eigenvalue weighted by atomic mass is 35.5. The fraction of sp³-hybridized carbons (Fsp3) is 0.647. The van der Waals surface area contributed by atoms with Crippen molar-refractivity contribution < 1.29 is 4.74 Å². The number of hydrogen-bond donors (Lipinski definition) is 1. The van der Waals surface area contributed by atoms with E-state index in [0.717, 1.165) is 11.4 Å². The molecule has 1 heterocycles. The summed E-state index contributed by atoms with van der Waals surface area (Å²) in [5.41, 5.74) is 1.09. The van der Waals surface area contributed by atoms with Crippen LogP contribution in [0.4, 0.5) is 5.69 Å². The molecule has 0 amide bonds. The first-order valence-electron chi connectivity index (χ1n) is 8.03. The molecule has 0 aromatic heterocycles. The summed E-state index contributed by atoms with van der Waals surface area (Å²) in [4.78, 5) is 2.56. The molecule has 1 aliphatic rings. The van der Waals surface area contributed by atoms with Crippen LogP contribution in [0.3, 0.4) is 0 Å². The minimum absolute atomic E-state index is 0.530. The Balaban J connectivity index is 1.94.